The van der Waals surface area contributed by atoms with Gasteiger partial charge in [0.2, 0.25) is 5.88 Å². The maximum atomic E-state index is 11.9. The first-order valence-corrected chi connectivity index (χ1v) is 7.32. The van der Waals surface area contributed by atoms with Crippen LogP contribution in [0.1, 0.15) is 5.56 Å². The maximum Gasteiger partial charge on any atom is 0.262 e. The third kappa shape index (κ3) is 3.77. The molecular weight excluding hydrogens is 290 g/mol. The Morgan fingerprint density at radius 1 is 1.09 bits per heavy atom. The molecule has 0 aliphatic carbocycles. The van der Waals surface area contributed by atoms with Crippen molar-refractivity contribution >= 4 is 11.6 Å². The van der Waals surface area contributed by atoms with Gasteiger partial charge in [0.1, 0.15) is 0 Å². The summed E-state index contributed by atoms with van der Waals surface area (Å²) in [7, 11) is 0. The van der Waals surface area contributed by atoms with E-state index in [0.29, 0.717) is 5.88 Å². The minimum Gasteiger partial charge on any atom is -0.466 e. The number of aromatic nitrogens is 2. The first-order valence-electron chi connectivity index (χ1n) is 7.32. The zero-order chi connectivity index (χ0) is 16.1. The van der Waals surface area contributed by atoms with Gasteiger partial charge in [-0.05, 0) is 31.2 Å². The Kier molecular flexibility index (Phi) is 4.38. The molecule has 1 amide bonds. The van der Waals surface area contributed by atoms with E-state index in [9.17, 15) is 4.79 Å². The number of nitrogens with zero attached hydrogens (tertiary/aromatic N) is 2. The van der Waals surface area contributed by atoms with Crippen LogP contribution < -0.4 is 10.1 Å². The third-order valence-corrected chi connectivity index (χ3v) is 3.27. The highest BCUT2D eigenvalue weighted by molar-refractivity contribution is 5.91. The van der Waals surface area contributed by atoms with Gasteiger partial charge in [-0.1, -0.05) is 36.4 Å². The molecule has 1 aromatic heterocycles. The monoisotopic (exact) mass is 307 g/mol. The van der Waals surface area contributed by atoms with Crippen molar-refractivity contribution in [2.45, 2.75) is 6.92 Å². The summed E-state index contributed by atoms with van der Waals surface area (Å²) in [6.07, 6.45) is 1.87. The maximum absolute atomic E-state index is 11.9. The molecule has 3 aromatic rings. The average molecular weight is 307 g/mol. The first kappa shape index (κ1) is 14.8. The molecule has 0 aliphatic rings. The van der Waals surface area contributed by atoms with Gasteiger partial charge in [0.25, 0.3) is 5.91 Å². The predicted molar refractivity (Wildman–Crippen MR) is 88.9 cm³/mol. The van der Waals surface area contributed by atoms with Crippen LogP contribution in [0.2, 0.25) is 0 Å². The third-order valence-electron chi connectivity index (χ3n) is 3.27. The van der Waals surface area contributed by atoms with Crippen LogP contribution >= 0.6 is 0 Å². The van der Waals surface area contributed by atoms with Gasteiger partial charge >= 0.3 is 0 Å². The summed E-state index contributed by atoms with van der Waals surface area (Å²) in [4.78, 5) is 11.9. The lowest BCUT2D eigenvalue weighted by Crippen LogP contribution is -2.20. The van der Waals surface area contributed by atoms with E-state index < -0.39 is 0 Å². The fourth-order valence-corrected chi connectivity index (χ4v) is 2.15. The van der Waals surface area contributed by atoms with Crippen molar-refractivity contribution in [1.29, 1.82) is 0 Å². The van der Waals surface area contributed by atoms with Crippen LogP contribution in [-0.4, -0.2) is 22.3 Å². The zero-order valence-electron chi connectivity index (χ0n) is 12.8. The van der Waals surface area contributed by atoms with E-state index in [0.717, 1.165) is 16.9 Å². The highest BCUT2D eigenvalue weighted by Gasteiger charge is 2.10. The summed E-state index contributed by atoms with van der Waals surface area (Å²) in [5.74, 6) is 0.238. The number of benzene rings is 2. The van der Waals surface area contributed by atoms with Gasteiger partial charge in [-0.3, -0.25) is 4.79 Å². The smallest absolute Gasteiger partial charge is 0.262 e. The van der Waals surface area contributed by atoms with Gasteiger partial charge in [-0.15, -0.1) is 5.10 Å². The second-order valence-corrected chi connectivity index (χ2v) is 5.10. The van der Waals surface area contributed by atoms with Crippen LogP contribution in [0.25, 0.3) is 5.69 Å². The molecule has 0 saturated heterocycles. The van der Waals surface area contributed by atoms with Gasteiger partial charge < -0.3 is 10.1 Å². The van der Waals surface area contributed by atoms with Crippen LogP contribution in [0.15, 0.2) is 66.9 Å². The van der Waals surface area contributed by atoms with Crippen LogP contribution in [0.3, 0.4) is 0 Å². The minimum atomic E-state index is -0.218. The summed E-state index contributed by atoms with van der Waals surface area (Å²) in [6.45, 7) is 1.82. The van der Waals surface area contributed by atoms with Gasteiger partial charge in [0, 0.05) is 17.4 Å². The molecule has 5 heteroatoms. The summed E-state index contributed by atoms with van der Waals surface area (Å²) in [6, 6.07) is 19.0. The molecule has 0 unspecified atom stereocenters. The lowest BCUT2D eigenvalue weighted by atomic mass is 10.3. The number of hydrogen-bond acceptors (Lipinski definition) is 3. The van der Waals surface area contributed by atoms with Crippen molar-refractivity contribution in [3.05, 3.63) is 72.4 Å². The molecule has 23 heavy (non-hydrogen) atoms. The molecule has 3 rings (SSSR count). The number of anilines is 1. The average Bonchev–Trinajstić information content (AvgIpc) is 2.96. The zero-order valence-corrected chi connectivity index (χ0v) is 12.8. The van der Waals surface area contributed by atoms with Crippen molar-refractivity contribution in [2.24, 2.45) is 0 Å². The number of hydrogen-bond donors (Lipinski definition) is 1. The number of aryl methyl sites for hydroxylation is 1. The first-order chi connectivity index (χ1) is 11.2. The van der Waals surface area contributed by atoms with E-state index in [2.05, 4.69) is 10.4 Å². The van der Waals surface area contributed by atoms with Crippen molar-refractivity contribution in [3.8, 4) is 11.6 Å². The summed E-state index contributed by atoms with van der Waals surface area (Å²) < 4.78 is 7.26. The topological polar surface area (TPSA) is 56.2 Å². The highest BCUT2D eigenvalue weighted by Crippen LogP contribution is 2.17. The molecule has 0 spiro atoms. The fraction of sp³-hybridized carbons (Fsp3) is 0.111. The highest BCUT2D eigenvalue weighted by atomic mass is 16.5. The van der Waals surface area contributed by atoms with Gasteiger partial charge in [-0.2, -0.15) is 0 Å². The predicted octanol–water partition coefficient (Wildman–Crippen LogP) is 3.20. The number of nitrogens with one attached hydrogen (secondary N) is 1. The van der Waals surface area contributed by atoms with E-state index >= 15 is 0 Å². The Hall–Kier alpha value is -3.08. The lowest BCUT2D eigenvalue weighted by Gasteiger charge is -2.06. The molecular formula is C18H17N3O2. The Bertz CT molecular complexity index is 783. The normalized spacial score (nSPS) is 10.3. The van der Waals surface area contributed by atoms with Crippen LogP contribution in [-0.2, 0) is 4.79 Å². The minimum absolute atomic E-state index is 0.0818. The Morgan fingerprint density at radius 2 is 1.74 bits per heavy atom. The number of para-hydroxylation sites is 2. The summed E-state index contributed by atoms with van der Waals surface area (Å²) in [5.41, 5.74) is 2.56. The van der Waals surface area contributed by atoms with Crippen LogP contribution in [0, 0.1) is 6.92 Å². The van der Waals surface area contributed by atoms with E-state index in [-0.39, 0.29) is 12.5 Å². The number of amides is 1. The fourth-order valence-electron chi connectivity index (χ4n) is 2.15. The quantitative estimate of drug-likeness (QED) is 0.787. The van der Waals surface area contributed by atoms with Crippen molar-refractivity contribution in [2.75, 3.05) is 11.9 Å². The summed E-state index contributed by atoms with van der Waals surface area (Å²) in [5, 5.41) is 7.15. The molecule has 0 bridgehead atoms. The molecule has 1 heterocycles. The van der Waals surface area contributed by atoms with E-state index in [1.54, 1.807) is 4.68 Å². The Labute approximate surface area is 134 Å². The molecule has 116 valence electrons. The second-order valence-electron chi connectivity index (χ2n) is 5.10. The Balaban J connectivity index is 1.62. The molecule has 0 fully saturated rings. The molecule has 0 aliphatic heterocycles. The molecule has 5 nitrogen and oxygen atoms in total. The largest absolute Gasteiger partial charge is 0.466 e. The standard InChI is InChI=1S/C18H17N3O2/c1-14-12-21(16-10-6-3-7-11-16)20-18(14)23-13-17(22)19-15-8-4-2-5-9-15/h2-12H,13H2,1H3,(H,19,22). The van der Waals surface area contributed by atoms with Crippen molar-refractivity contribution in [1.82, 2.24) is 9.78 Å². The SMILES string of the molecule is Cc1cn(-c2ccccc2)nc1OCC(=O)Nc1ccccc1. The second kappa shape index (κ2) is 6.79. The molecule has 1 N–H and O–H groups in total. The number of carbonyl (C=O) groups is 1. The molecule has 2 aromatic carbocycles. The van der Waals surface area contributed by atoms with Gasteiger partial charge in [0.05, 0.1) is 5.69 Å². The van der Waals surface area contributed by atoms with Gasteiger partial charge in [0.15, 0.2) is 6.61 Å². The molecule has 0 atom stereocenters. The molecule has 0 radical (unpaired) electrons. The van der Waals surface area contributed by atoms with Crippen molar-refractivity contribution < 1.29 is 9.53 Å². The van der Waals surface area contributed by atoms with E-state index in [4.69, 9.17) is 4.74 Å². The molecule has 0 saturated carbocycles. The van der Waals surface area contributed by atoms with E-state index in [1.165, 1.54) is 0 Å². The number of ether oxygens (including phenoxy) is 1. The van der Waals surface area contributed by atoms with Crippen molar-refractivity contribution in [3.63, 3.8) is 0 Å². The van der Waals surface area contributed by atoms with E-state index in [1.807, 2.05) is 73.8 Å². The van der Waals surface area contributed by atoms with Gasteiger partial charge in [-0.25, -0.2) is 4.68 Å². The van der Waals surface area contributed by atoms with Crippen LogP contribution in [0.4, 0.5) is 5.69 Å². The lowest BCUT2D eigenvalue weighted by molar-refractivity contribution is -0.118. The summed E-state index contributed by atoms with van der Waals surface area (Å²) >= 11 is 0. The Morgan fingerprint density at radius 3 is 2.43 bits per heavy atom. The number of rotatable bonds is 5. The van der Waals surface area contributed by atoms with Crippen LogP contribution in [0.5, 0.6) is 5.88 Å². The number of carbonyl (C=O) groups excluding carboxylic acids is 1.